The van der Waals surface area contributed by atoms with Gasteiger partial charge < -0.3 is 9.47 Å². The summed E-state index contributed by atoms with van der Waals surface area (Å²) >= 11 is 0. The number of carbonyl (C=O) groups is 1. The zero-order valence-electron chi connectivity index (χ0n) is 17.8. The fraction of sp³-hybridized carbons (Fsp3) is 0.591. The van der Waals surface area contributed by atoms with E-state index in [-0.39, 0.29) is 18.9 Å². The van der Waals surface area contributed by atoms with Crippen LogP contribution in [0.25, 0.3) is 6.08 Å². The fourth-order valence-electron chi connectivity index (χ4n) is 2.65. The third-order valence-corrected chi connectivity index (χ3v) is 5.97. The molecule has 0 aromatic heterocycles. The summed E-state index contributed by atoms with van der Waals surface area (Å²) in [6.45, 7) is 6.57. The molecule has 6 nitrogen and oxygen atoms in total. The largest absolute Gasteiger partial charge is 0.455 e. The normalized spacial score (nSPS) is 14.0. The van der Waals surface area contributed by atoms with Gasteiger partial charge in [-0.15, -0.1) is 0 Å². The molecule has 164 valence electrons. The summed E-state index contributed by atoms with van der Waals surface area (Å²) in [5.74, 6) is -0.107. The van der Waals surface area contributed by atoms with Crippen LogP contribution in [0.1, 0.15) is 52.0 Å². The molecular weight excluding hydrogens is 390 g/mol. The molecule has 0 spiro atoms. The van der Waals surface area contributed by atoms with Crippen molar-refractivity contribution in [2.24, 2.45) is 5.92 Å². The minimum Gasteiger partial charge on any atom is -0.455 e. The van der Waals surface area contributed by atoms with Gasteiger partial charge in [-0.25, -0.2) is 17.9 Å². The van der Waals surface area contributed by atoms with Gasteiger partial charge in [-0.05, 0) is 30.9 Å². The van der Waals surface area contributed by atoms with Gasteiger partial charge in [0.25, 0.3) is 0 Å². The second-order valence-corrected chi connectivity index (χ2v) is 9.10. The molecular formula is C22H35NO5S. The lowest BCUT2D eigenvalue weighted by Crippen LogP contribution is -2.38. The Hall–Kier alpha value is -1.70. The Morgan fingerprint density at radius 3 is 2.48 bits per heavy atom. The van der Waals surface area contributed by atoms with Crippen molar-refractivity contribution in [3.8, 4) is 0 Å². The van der Waals surface area contributed by atoms with Crippen molar-refractivity contribution in [2.75, 3.05) is 25.5 Å². The first-order valence-corrected chi connectivity index (χ1v) is 12.0. The number of hydrogen-bond acceptors (Lipinski definition) is 5. The quantitative estimate of drug-likeness (QED) is 0.342. The molecule has 0 heterocycles. The van der Waals surface area contributed by atoms with E-state index in [2.05, 4.69) is 18.6 Å². The van der Waals surface area contributed by atoms with Gasteiger partial charge in [0.2, 0.25) is 10.0 Å². The minimum atomic E-state index is -3.38. The van der Waals surface area contributed by atoms with Crippen LogP contribution in [0.3, 0.4) is 0 Å². The summed E-state index contributed by atoms with van der Waals surface area (Å²) in [7, 11) is -3.38. The second kappa shape index (κ2) is 14.3. The summed E-state index contributed by atoms with van der Waals surface area (Å²) < 4.78 is 37.1. The lowest BCUT2D eigenvalue weighted by Gasteiger charge is -2.20. The number of ether oxygens (including phenoxy) is 2. The van der Waals surface area contributed by atoms with Crippen molar-refractivity contribution >= 4 is 22.1 Å². The van der Waals surface area contributed by atoms with Gasteiger partial charge in [0.1, 0.15) is 6.10 Å². The Labute approximate surface area is 175 Å². The molecule has 0 saturated carbocycles. The zero-order valence-corrected chi connectivity index (χ0v) is 18.6. The van der Waals surface area contributed by atoms with Crippen molar-refractivity contribution < 1.29 is 22.7 Å². The summed E-state index contributed by atoms with van der Waals surface area (Å²) in [6, 6.07) is 9.41. The Kier molecular flexibility index (Phi) is 12.5. The predicted octanol–water partition coefficient (Wildman–Crippen LogP) is 3.78. The molecule has 1 aromatic carbocycles. The maximum absolute atomic E-state index is 12.2. The second-order valence-electron chi connectivity index (χ2n) is 7.01. The van der Waals surface area contributed by atoms with Crippen LogP contribution in [0.4, 0.5) is 0 Å². The smallest absolute Gasteiger partial charge is 0.331 e. The molecule has 1 rings (SSSR count). The first-order chi connectivity index (χ1) is 13.9. The highest BCUT2D eigenvalue weighted by molar-refractivity contribution is 7.89. The third-order valence-electron chi connectivity index (χ3n) is 4.61. The number of benzene rings is 1. The number of carbonyl (C=O) groups excluding carboxylic acids is 1. The van der Waals surface area contributed by atoms with Crippen LogP contribution in [0.5, 0.6) is 0 Å². The molecule has 7 heteroatoms. The Bertz CT molecular complexity index is 703. The summed E-state index contributed by atoms with van der Waals surface area (Å²) in [4.78, 5) is 12.2. The Morgan fingerprint density at radius 2 is 1.86 bits per heavy atom. The van der Waals surface area contributed by atoms with Crippen LogP contribution in [-0.4, -0.2) is 46.0 Å². The molecule has 0 aliphatic rings. The van der Waals surface area contributed by atoms with Crippen LogP contribution in [0, 0.1) is 5.92 Å². The van der Waals surface area contributed by atoms with Crippen molar-refractivity contribution in [1.82, 2.24) is 4.72 Å². The number of esters is 1. The lowest BCUT2D eigenvalue weighted by molar-refractivity contribution is -0.145. The van der Waals surface area contributed by atoms with E-state index in [0.29, 0.717) is 12.5 Å². The maximum Gasteiger partial charge on any atom is 0.331 e. The van der Waals surface area contributed by atoms with Gasteiger partial charge in [-0.2, -0.15) is 0 Å². The number of nitrogens with one attached hydrogen (secondary N) is 1. The highest BCUT2D eigenvalue weighted by Crippen LogP contribution is 2.13. The molecule has 2 atom stereocenters. The summed E-state index contributed by atoms with van der Waals surface area (Å²) in [5, 5.41) is 0. The van der Waals surface area contributed by atoms with Gasteiger partial charge in [0.05, 0.1) is 12.4 Å². The van der Waals surface area contributed by atoms with E-state index in [4.69, 9.17) is 9.47 Å². The lowest BCUT2D eigenvalue weighted by atomic mass is 10.0. The van der Waals surface area contributed by atoms with Crippen molar-refractivity contribution in [3.05, 3.63) is 42.0 Å². The van der Waals surface area contributed by atoms with Gasteiger partial charge in [0.15, 0.2) is 0 Å². The number of rotatable bonds is 15. The van der Waals surface area contributed by atoms with Crippen LogP contribution in [0.2, 0.25) is 0 Å². The van der Waals surface area contributed by atoms with Crippen molar-refractivity contribution in [2.45, 2.75) is 52.6 Å². The first kappa shape index (κ1) is 25.3. The van der Waals surface area contributed by atoms with E-state index in [1.165, 1.54) is 6.08 Å². The number of sulfonamides is 1. The molecule has 0 radical (unpaired) electrons. The zero-order chi connectivity index (χ0) is 21.5. The van der Waals surface area contributed by atoms with Gasteiger partial charge >= 0.3 is 5.97 Å². The van der Waals surface area contributed by atoms with Gasteiger partial charge in [-0.1, -0.05) is 63.4 Å². The van der Waals surface area contributed by atoms with E-state index in [1.807, 2.05) is 30.3 Å². The highest BCUT2D eigenvalue weighted by atomic mass is 32.2. The van der Waals surface area contributed by atoms with Crippen LogP contribution in [-0.2, 0) is 24.3 Å². The molecule has 1 N–H and O–H groups in total. The molecule has 1 aromatic rings. The van der Waals surface area contributed by atoms with Gasteiger partial charge in [-0.3, -0.25) is 0 Å². The Balaban J connectivity index is 2.61. The van der Waals surface area contributed by atoms with E-state index < -0.39 is 22.1 Å². The van der Waals surface area contributed by atoms with Gasteiger partial charge in [0, 0.05) is 19.2 Å². The average Bonchev–Trinajstić information content (AvgIpc) is 2.73. The molecule has 2 unspecified atom stereocenters. The molecule has 0 fully saturated rings. The van der Waals surface area contributed by atoms with E-state index in [1.54, 1.807) is 13.0 Å². The standard InChI is InChI=1S/C22H35NO5S/c1-4-7-11-19(5-2)17-27-18-21(16-23-29(25,26)6-3)28-22(24)15-14-20-12-9-8-10-13-20/h8-10,12-15,19,21,23H,4-7,11,16-18H2,1-3H3/b15-14+. The highest BCUT2D eigenvalue weighted by Gasteiger charge is 2.18. The third kappa shape index (κ3) is 11.8. The summed E-state index contributed by atoms with van der Waals surface area (Å²) in [5.41, 5.74) is 0.880. The van der Waals surface area contributed by atoms with Crippen LogP contribution < -0.4 is 4.72 Å². The number of unbranched alkanes of at least 4 members (excludes halogenated alkanes) is 1. The molecule has 0 bridgehead atoms. The van der Waals surface area contributed by atoms with Crippen molar-refractivity contribution in [1.29, 1.82) is 0 Å². The molecule has 29 heavy (non-hydrogen) atoms. The van der Waals surface area contributed by atoms with Crippen LogP contribution in [0.15, 0.2) is 36.4 Å². The maximum atomic E-state index is 12.2. The number of hydrogen-bond donors (Lipinski definition) is 1. The average molecular weight is 426 g/mol. The van der Waals surface area contributed by atoms with E-state index >= 15 is 0 Å². The predicted molar refractivity (Wildman–Crippen MR) is 117 cm³/mol. The molecule has 0 aliphatic carbocycles. The molecule has 0 saturated heterocycles. The Morgan fingerprint density at radius 1 is 1.14 bits per heavy atom. The summed E-state index contributed by atoms with van der Waals surface area (Å²) in [6.07, 6.45) is 6.73. The molecule has 0 amide bonds. The van der Waals surface area contributed by atoms with Crippen LogP contribution >= 0.6 is 0 Å². The first-order valence-electron chi connectivity index (χ1n) is 10.4. The van der Waals surface area contributed by atoms with E-state index in [9.17, 15) is 13.2 Å². The minimum absolute atomic E-state index is 0.00710. The fourth-order valence-corrected chi connectivity index (χ4v) is 3.30. The van der Waals surface area contributed by atoms with E-state index in [0.717, 1.165) is 31.2 Å². The SMILES string of the molecule is CCCCC(CC)COCC(CNS(=O)(=O)CC)OC(=O)/C=C/c1ccccc1. The molecule has 0 aliphatic heterocycles. The topological polar surface area (TPSA) is 81.7 Å². The van der Waals surface area contributed by atoms with Crippen molar-refractivity contribution in [3.63, 3.8) is 0 Å². The monoisotopic (exact) mass is 425 g/mol.